The van der Waals surface area contributed by atoms with E-state index in [0.29, 0.717) is 18.3 Å². The second-order valence-electron chi connectivity index (χ2n) is 6.88. The smallest absolute Gasteiger partial charge is 0.0814 e. The molecule has 0 spiro atoms. The second kappa shape index (κ2) is 8.35. The maximum Gasteiger partial charge on any atom is 0.0814 e. The molecular formula is C17H33NO2. The number of hydrogen-bond acceptors (Lipinski definition) is 3. The lowest BCUT2D eigenvalue weighted by molar-refractivity contribution is -0.0596. The molecule has 0 aromatic rings. The Hall–Kier alpha value is -0.120. The van der Waals surface area contributed by atoms with E-state index in [1.807, 2.05) is 0 Å². The van der Waals surface area contributed by atoms with Gasteiger partial charge in [0.15, 0.2) is 0 Å². The lowest BCUT2D eigenvalue weighted by atomic mass is 9.80. The third kappa shape index (κ3) is 5.01. The molecule has 0 amide bonds. The topological polar surface area (TPSA) is 30.5 Å². The fourth-order valence-electron chi connectivity index (χ4n) is 3.39. The Labute approximate surface area is 124 Å². The average Bonchev–Trinajstić information content (AvgIpc) is 2.88. The number of nitrogens with one attached hydrogen (secondary N) is 1. The van der Waals surface area contributed by atoms with E-state index in [-0.39, 0.29) is 0 Å². The molecule has 0 radical (unpaired) electrons. The van der Waals surface area contributed by atoms with Gasteiger partial charge in [-0.2, -0.15) is 0 Å². The fourth-order valence-corrected chi connectivity index (χ4v) is 3.39. The maximum atomic E-state index is 6.11. The molecule has 0 bridgehead atoms. The van der Waals surface area contributed by atoms with Crippen LogP contribution in [0.5, 0.6) is 0 Å². The van der Waals surface area contributed by atoms with Gasteiger partial charge in [0.05, 0.1) is 24.9 Å². The van der Waals surface area contributed by atoms with Gasteiger partial charge < -0.3 is 14.8 Å². The van der Waals surface area contributed by atoms with Crippen molar-refractivity contribution in [2.75, 3.05) is 19.7 Å². The molecule has 5 atom stereocenters. The van der Waals surface area contributed by atoms with Crippen molar-refractivity contribution in [1.82, 2.24) is 5.32 Å². The van der Waals surface area contributed by atoms with Crippen LogP contribution in [0.3, 0.4) is 0 Å². The summed E-state index contributed by atoms with van der Waals surface area (Å²) in [4.78, 5) is 0. The van der Waals surface area contributed by atoms with E-state index in [1.165, 1.54) is 32.1 Å². The molecule has 0 aromatic heterocycles. The zero-order valence-electron chi connectivity index (χ0n) is 13.6. The summed E-state index contributed by atoms with van der Waals surface area (Å²) < 4.78 is 12.2. The molecule has 2 rings (SSSR count). The zero-order valence-corrected chi connectivity index (χ0v) is 13.6. The van der Waals surface area contributed by atoms with Crippen LogP contribution in [-0.4, -0.2) is 38.0 Å². The molecular weight excluding hydrogens is 250 g/mol. The minimum absolute atomic E-state index is 0.332. The predicted molar refractivity (Wildman–Crippen MR) is 83.0 cm³/mol. The number of ether oxygens (including phenoxy) is 2. The zero-order chi connectivity index (χ0) is 14.4. The first kappa shape index (κ1) is 16.3. The first-order valence-corrected chi connectivity index (χ1v) is 8.66. The van der Waals surface area contributed by atoms with Crippen molar-refractivity contribution in [2.24, 2.45) is 11.8 Å². The lowest BCUT2D eigenvalue weighted by Crippen LogP contribution is -2.31. The van der Waals surface area contributed by atoms with Gasteiger partial charge in [-0.15, -0.1) is 0 Å². The third-order valence-corrected chi connectivity index (χ3v) is 5.06. The van der Waals surface area contributed by atoms with Gasteiger partial charge in [0.1, 0.15) is 0 Å². The summed E-state index contributed by atoms with van der Waals surface area (Å²) >= 11 is 0. The van der Waals surface area contributed by atoms with Gasteiger partial charge in [0, 0.05) is 6.54 Å². The highest BCUT2D eigenvalue weighted by Gasteiger charge is 2.28. The highest BCUT2D eigenvalue weighted by molar-refractivity contribution is 4.78. The third-order valence-electron chi connectivity index (χ3n) is 5.06. The highest BCUT2D eigenvalue weighted by Crippen LogP contribution is 2.31. The van der Waals surface area contributed by atoms with Crippen molar-refractivity contribution in [1.29, 1.82) is 0 Å². The molecule has 2 fully saturated rings. The average molecular weight is 283 g/mol. The van der Waals surface area contributed by atoms with Crippen LogP contribution in [0.1, 0.15) is 59.3 Å². The largest absolute Gasteiger partial charge is 0.376 e. The highest BCUT2D eigenvalue weighted by atomic mass is 16.5. The summed E-state index contributed by atoms with van der Waals surface area (Å²) in [6, 6.07) is 0. The van der Waals surface area contributed by atoms with E-state index in [0.717, 1.165) is 38.0 Å². The van der Waals surface area contributed by atoms with Crippen LogP contribution >= 0.6 is 0 Å². The van der Waals surface area contributed by atoms with Gasteiger partial charge in [-0.1, -0.05) is 20.8 Å². The Balaban J connectivity index is 1.58. The fraction of sp³-hybridized carbons (Fsp3) is 1.00. The quantitative estimate of drug-likeness (QED) is 0.727. The molecule has 1 saturated carbocycles. The van der Waals surface area contributed by atoms with Crippen LogP contribution in [0, 0.1) is 11.8 Å². The van der Waals surface area contributed by atoms with E-state index in [9.17, 15) is 0 Å². The Kier molecular flexibility index (Phi) is 6.79. The molecule has 1 saturated heterocycles. The van der Waals surface area contributed by atoms with Crippen molar-refractivity contribution < 1.29 is 9.47 Å². The maximum absolute atomic E-state index is 6.11. The van der Waals surface area contributed by atoms with Gasteiger partial charge in [0.25, 0.3) is 0 Å². The van der Waals surface area contributed by atoms with Crippen LogP contribution in [0.25, 0.3) is 0 Å². The molecule has 3 heteroatoms. The van der Waals surface area contributed by atoms with Crippen molar-refractivity contribution >= 4 is 0 Å². The Bertz CT molecular complexity index is 272. The molecule has 1 N–H and O–H groups in total. The summed E-state index contributed by atoms with van der Waals surface area (Å²) in [7, 11) is 0. The molecule has 0 aromatic carbocycles. The molecule has 1 aliphatic heterocycles. The summed E-state index contributed by atoms with van der Waals surface area (Å²) in [6.45, 7) is 9.83. The van der Waals surface area contributed by atoms with E-state index in [4.69, 9.17) is 9.47 Å². The van der Waals surface area contributed by atoms with Gasteiger partial charge in [-0.3, -0.25) is 0 Å². The van der Waals surface area contributed by atoms with Gasteiger partial charge >= 0.3 is 0 Å². The Morgan fingerprint density at radius 1 is 1.05 bits per heavy atom. The van der Waals surface area contributed by atoms with Crippen molar-refractivity contribution in [2.45, 2.75) is 77.6 Å². The van der Waals surface area contributed by atoms with E-state index < -0.39 is 0 Å². The SMILES string of the molecule is CCCNCC1CCC(COC2CCC(C)C(C)C2)O1. The van der Waals surface area contributed by atoms with Crippen LogP contribution in [0.2, 0.25) is 0 Å². The summed E-state index contributed by atoms with van der Waals surface area (Å²) in [5.41, 5.74) is 0. The molecule has 2 aliphatic rings. The van der Waals surface area contributed by atoms with Crippen LogP contribution in [0.15, 0.2) is 0 Å². The van der Waals surface area contributed by atoms with Gasteiger partial charge in [0.2, 0.25) is 0 Å². The van der Waals surface area contributed by atoms with Gasteiger partial charge in [-0.05, 0) is 56.9 Å². The molecule has 1 heterocycles. The Morgan fingerprint density at radius 2 is 1.85 bits per heavy atom. The first-order valence-electron chi connectivity index (χ1n) is 8.66. The van der Waals surface area contributed by atoms with Crippen molar-refractivity contribution in [3.63, 3.8) is 0 Å². The minimum atomic E-state index is 0.332. The van der Waals surface area contributed by atoms with Gasteiger partial charge in [-0.25, -0.2) is 0 Å². The number of rotatable bonds is 7. The summed E-state index contributed by atoms with van der Waals surface area (Å²) in [5.74, 6) is 1.68. The molecule has 20 heavy (non-hydrogen) atoms. The van der Waals surface area contributed by atoms with Crippen molar-refractivity contribution in [3.8, 4) is 0 Å². The molecule has 5 unspecified atom stereocenters. The predicted octanol–water partition coefficient (Wildman–Crippen LogP) is 3.37. The standard InChI is InChI=1S/C17H33NO2/c1-4-9-18-11-16-7-8-17(20-16)12-19-15-6-5-13(2)14(3)10-15/h13-18H,4-12H2,1-3H3. The van der Waals surface area contributed by atoms with Crippen molar-refractivity contribution in [3.05, 3.63) is 0 Å². The normalized spacial score (nSPS) is 38.2. The van der Waals surface area contributed by atoms with Crippen LogP contribution in [-0.2, 0) is 9.47 Å². The first-order chi connectivity index (χ1) is 9.69. The van der Waals surface area contributed by atoms with E-state index in [2.05, 4.69) is 26.1 Å². The lowest BCUT2D eigenvalue weighted by Gasteiger charge is -2.32. The van der Waals surface area contributed by atoms with Crippen LogP contribution < -0.4 is 5.32 Å². The molecule has 1 aliphatic carbocycles. The minimum Gasteiger partial charge on any atom is -0.376 e. The molecule has 3 nitrogen and oxygen atoms in total. The Morgan fingerprint density at radius 3 is 2.60 bits per heavy atom. The number of hydrogen-bond donors (Lipinski definition) is 1. The second-order valence-corrected chi connectivity index (χ2v) is 6.88. The van der Waals surface area contributed by atoms with E-state index >= 15 is 0 Å². The van der Waals surface area contributed by atoms with Crippen LogP contribution in [0.4, 0.5) is 0 Å². The summed E-state index contributed by atoms with van der Waals surface area (Å²) in [5, 5.41) is 3.45. The molecule has 118 valence electrons. The monoisotopic (exact) mass is 283 g/mol. The summed E-state index contributed by atoms with van der Waals surface area (Å²) in [6.07, 6.45) is 8.54. The van der Waals surface area contributed by atoms with E-state index in [1.54, 1.807) is 0 Å².